The molecule has 6 heteroatoms. The van der Waals surface area contributed by atoms with Crippen molar-refractivity contribution in [2.75, 3.05) is 5.75 Å². The first-order valence-corrected chi connectivity index (χ1v) is 8.89. The minimum Gasteiger partial charge on any atom is -0.480 e. The maximum atomic E-state index is 13.0. The van der Waals surface area contributed by atoms with Crippen LogP contribution in [0.1, 0.15) is 26.9 Å². The Labute approximate surface area is 149 Å². The van der Waals surface area contributed by atoms with Crippen LogP contribution in [-0.2, 0) is 4.79 Å². The lowest BCUT2D eigenvalue weighted by Crippen LogP contribution is -2.42. The summed E-state index contributed by atoms with van der Waals surface area (Å²) in [6.45, 7) is 1.99. The Balaban J connectivity index is 1.99. The van der Waals surface area contributed by atoms with Crippen LogP contribution in [0.5, 0.6) is 0 Å². The fourth-order valence-electron chi connectivity index (χ4n) is 2.70. The molecule has 24 heavy (non-hydrogen) atoms. The van der Waals surface area contributed by atoms with E-state index >= 15 is 0 Å². The summed E-state index contributed by atoms with van der Waals surface area (Å²) in [5.41, 5.74) is 2.43. The molecule has 1 fully saturated rings. The highest BCUT2D eigenvalue weighted by Gasteiger charge is 2.42. The van der Waals surface area contributed by atoms with Gasteiger partial charge in [-0.3, -0.25) is 4.79 Å². The van der Waals surface area contributed by atoms with E-state index in [0.29, 0.717) is 16.3 Å². The number of thioether (sulfide) groups is 1. The largest absolute Gasteiger partial charge is 0.480 e. The molecule has 0 aliphatic carbocycles. The number of benzene rings is 2. The molecule has 1 amide bonds. The first-order valence-electron chi connectivity index (χ1n) is 7.46. The average molecular weight is 362 g/mol. The molecular weight excluding hydrogens is 346 g/mol. The van der Waals surface area contributed by atoms with Gasteiger partial charge in [0.2, 0.25) is 0 Å². The standard InChI is InChI=1S/C18H16ClNO3S/c1-11-5-7-12(8-6-11)17-20(15(10-24-17)18(22)23)16(21)13-3-2-4-14(19)9-13/h2-9,15,17H,10H2,1H3,(H,22,23)/t15-,17+/m0/s1. The molecule has 1 aliphatic rings. The highest BCUT2D eigenvalue weighted by atomic mass is 35.5. The Hall–Kier alpha value is -1.98. The number of carboxylic acid groups (broad SMARTS) is 1. The predicted octanol–water partition coefficient (Wildman–Crippen LogP) is 3.99. The Morgan fingerprint density at radius 1 is 1.21 bits per heavy atom. The number of aryl methyl sites for hydroxylation is 1. The third-order valence-corrected chi connectivity index (χ3v) is 5.51. The predicted molar refractivity (Wildman–Crippen MR) is 95.4 cm³/mol. The zero-order valence-corrected chi connectivity index (χ0v) is 14.6. The molecule has 1 aliphatic heterocycles. The lowest BCUT2D eigenvalue weighted by Gasteiger charge is -2.28. The number of amides is 1. The highest BCUT2D eigenvalue weighted by Crippen LogP contribution is 2.42. The second-order valence-corrected chi connectivity index (χ2v) is 7.22. The van der Waals surface area contributed by atoms with Gasteiger partial charge in [-0.2, -0.15) is 0 Å². The van der Waals surface area contributed by atoms with Gasteiger partial charge in [0.1, 0.15) is 11.4 Å². The lowest BCUT2D eigenvalue weighted by molar-refractivity contribution is -0.141. The molecule has 0 aromatic heterocycles. The van der Waals surface area contributed by atoms with Crippen molar-refractivity contribution in [1.29, 1.82) is 0 Å². The van der Waals surface area contributed by atoms with Crippen molar-refractivity contribution >= 4 is 35.2 Å². The van der Waals surface area contributed by atoms with E-state index in [4.69, 9.17) is 11.6 Å². The summed E-state index contributed by atoms with van der Waals surface area (Å²) in [5, 5.41) is 9.64. The normalized spacial score (nSPS) is 20.2. The van der Waals surface area contributed by atoms with Gasteiger partial charge >= 0.3 is 5.97 Å². The van der Waals surface area contributed by atoms with E-state index in [1.54, 1.807) is 24.3 Å². The maximum Gasteiger partial charge on any atom is 0.327 e. The Morgan fingerprint density at radius 3 is 2.54 bits per heavy atom. The summed E-state index contributed by atoms with van der Waals surface area (Å²) in [4.78, 5) is 26.0. The lowest BCUT2D eigenvalue weighted by atomic mass is 10.1. The monoisotopic (exact) mass is 361 g/mol. The smallest absolute Gasteiger partial charge is 0.327 e. The van der Waals surface area contributed by atoms with E-state index in [1.807, 2.05) is 31.2 Å². The minimum atomic E-state index is -0.993. The molecule has 1 saturated heterocycles. The van der Waals surface area contributed by atoms with Crippen molar-refractivity contribution in [1.82, 2.24) is 4.90 Å². The van der Waals surface area contributed by atoms with E-state index in [9.17, 15) is 14.7 Å². The van der Waals surface area contributed by atoms with E-state index in [0.717, 1.165) is 11.1 Å². The van der Waals surface area contributed by atoms with Crippen molar-refractivity contribution in [3.05, 3.63) is 70.2 Å². The number of carboxylic acids is 1. The van der Waals surface area contributed by atoms with Crippen molar-refractivity contribution in [2.45, 2.75) is 18.3 Å². The first kappa shape index (κ1) is 16.9. The molecule has 4 nitrogen and oxygen atoms in total. The molecule has 0 radical (unpaired) electrons. The molecule has 2 aromatic carbocycles. The van der Waals surface area contributed by atoms with Crippen LogP contribution in [-0.4, -0.2) is 33.7 Å². The molecule has 1 heterocycles. The summed E-state index contributed by atoms with van der Waals surface area (Å²) in [6.07, 6.45) is 0. The minimum absolute atomic E-state index is 0.319. The Kier molecular flexibility index (Phi) is 4.83. The number of carbonyl (C=O) groups is 2. The van der Waals surface area contributed by atoms with Gasteiger partial charge in [0.25, 0.3) is 5.91 Å². The summed E-state index contributed by atoms with van der Waals surface area (Å²) in [6, 6.07) is 13.6. The van der Waals surface area contributed by atoms with Crippen molar-refractivity contribution < 1.29 is 14.7 Å². The number of halogens is 1. The number of carbonyl (C=O) groups excluding carboxylic acids is 1. The van der Waals surface area contributed by atoms with Crippen LogP contribution in [0.25, 0.3) is 0 Å². The van der Waals surface area contributed by atoms with Crippen molar-refractivity contribution in [2.24, 2.45) is 0 Å². The number of hydrogen-bond acceptors (Lipinski definition) is 3. The van der Waals surface area contributed by atoms with Gasteiger partial charge in [0.15, 0.2) is 0 Å². The molecule has 2 aromatic rings. The molecule has 3 rings (SSSR count). The van der Waals surface area contributed by atoms with Crippen molar-refractivity contribution in [3.8, 4) is 0 Å². The Morgan fingerprint density at radius 2 is 1.92 bits per heavy atom. The zero-order valence-electron chi connectivity index (χ0n) is 13.0. The van der Waals surface area contributed by atoms with Crippen LogP contribution in [0.2, 0.25) is 5.02 Å². The Bertz CT molecular complexity index is 778. The maximum absolute atomic E-state index is 13.0. The molecule has 0 spiro atoms. The van der Waals surface area contributed by atoms with Gasteiger partial charge in [-0.15, -0.1) is 11.8 Å². The van der Waals surface area contributed by atoms with Gasteiger partial charge < -0.3 is 10.0 Å². The number of rotatable bonds is 3. The molecule has 0 bridgehead atoms. The summed E-state index contributed by atoms with van der Waals surface area (Å²) < 4.78 is 0. The van der Waals surface area contributed by atoms with Gasteiger partial charge in [-0.1, -0.05) is 47.5 Å². The van der Waals surface area contributed by atoms with E-state index in [1.165, 1.54) is 16.7 Å². The third kappa shape index (κ3) is 3.28. The van der Waals surface area contributed by atoms with E-state index in [-0.39, 0.29) is 11.3 Å². The summed E-state index contributed by atoms with van der Waals surface area (Å²) in [5.74, 6) is -0.951. The SMILES string of the molecule is Cc1ccc([C@H]2SC[C@@H](C(=O)O)N2C(=O)c2cccc(Cl)c2)cc1. The van der Waals surface area contributed by atoms with Crippen LogP contribution < -0.4 is 0 Å². The van der Waals surface area contributed by atoms with Gasteiger partial charge in [0, 0.05) is 16.3 Å². The van der Waals surface area contributed by atoms with Gasteiger partial charge in [0.05, 0.1) is 0 Å². The summed E-state index contributed by atoms with van der Waals surface area (Å²) >= 11 is 7.44. The van der Waals surface area contributed by atoms with Gasteiger partial charge in [-0.25, -0.2) is 4.79 Å². The van der Waals surface area contributed by atoms with Gasteiger partial charge in [-0.05, 0) is 30.7 Å². The van der Waals surface area contributed by atoms with E-state index in [2.05, 4.69) is 0 Å². The fourth-order valence-corrected chi connectivity index (χ4v) is 4.31. The third-order valence-electron chi connectivity index (χ3n) is 3.95. The fraction of sp³-hybridized carbons (Fsp3) is 0.222. The number of hydrogen-bond donors (Lipinski definition) is 1. The molecule has 0 unspecified atom stereocenters. The van der Waals surface area contributed by atoms with Crippen LogP contribution >= 0.6 is 23.4 Å². The summed E-state index contributed by atoms with van der Waals surface area (Å²) in [7, 11) is 0. The highest BCUT2D eigenvalue weighted by molar-refractivity contribution is 7.99. The number of nitrogens with zero attached hydrogens (tertiary/aromatic N) is 1. The first-order chi connectivity index (χ1) is 11.5. The van der Waals surface area contributed by atoms with E-state index < -0.39 is 12.0 Å². The topological polar surface area (TPSA) is 57.6 Å². The second-order valence-electron chi connectivity index (χ2n) is 5.67. The van der Waals surface area contributed by atoms with Crippen LogP contribution in [0.15, 0.2) is 48.5 Å². The van der Waals surface area contributed by atoms with Crippen LogP contribution in [0, 0.1) is 6.92 Å². The molecule has 2 atom stereocenters. The molecule has 1 N–H and O–H groups in total. The molecule has 124 valence electrons. The number of aliphatic carboxylic acids is 1. The van der Waals surface area contributed by atoms with Crippen LogP contribution in [0.3, 0.4) is 0 Å². The van der Waals surface area contributed by atoms with Crippen LogP contribution in [0.4, 0.5) is 0 Å². The molecule has 0 saturated carbocycles. The molecular formula is C18H16ClNO3S. The average Bonchev–Trinajstić information content (AvgIpc) is 3.00. The quantitative estimate of drug-likeness (QED) is 0.898. The second kappa shape index (κ2) is 6.87. The van der Waals surface area contributed by atoms with Crippen molar-refractivity contribution in [3.63, 3.8) is 0 Å². The zero-order chi connectivity index (χ0) is 17.3.